The van der Waals surface area contributed by atoms with Crippen molar-refractivity contribution in [1.82, 2.24) is 14.5 Å². The number of aromatic nitrogens is 2. The molecule has 0 bridgehead atoms. The van der Waals surface area contributed by atoms with Crippen molar-refractivity contribution < 1.29 is 4.79 Å². The third-order valence-electron chi connectivity index (χ3n) is 6.20. The van der Waals surface area contributed by atoms with Crippen LogP contribution in [0.4, 0.5) is 0 Å². The molecule has 0 radical (unpaired) electrons. The molecule has 0 saturated carbocycles. The Morgan fingerprint density at radius 3 is 2.90 bits per heavy atom. The summed E-state index contributed by atoms with van der Waals surface area (Å²) in [5.41, 5.74) is 2.14. The van der Waals surface area contributed by atoms with Gasteiger partial charge in [0.05, 0.1) is 16.7 Å². The van der Waals surface area contributed by atoms with Gasteiger partial charge >= 0.3 is 0 Å². The maximum Gasteiger partial charge on any atom is 0.262 e. The Morgan fingerprint density at radius 1 is 1.23 bits per heavy atom. The zero-order valence-electron chi connectivity index (χ0n) is 17.8. The molecule has 1 atom stereocenters. The summed E-state index contributed by atoms with van der Waals surface area (Å²) in [7, 11) is 0. The maximum absolute atomic E-state index is 13.2. The van der Waals surface area contributed by atoms with E-state index in [1.54, 1.807) is 4.57 Å². The van der Waals surface area contributed by atoms with Gasteiger partial charge in [-0.15, -0.1) is 0 Å². The summed E-state index contributed by atoms with van der Waals surface area (Å²) < 4.78 is 1.79. The molecule has 4 rings (SSSR count). The van der Waals surface area contributed by atoms with Gasteiger partial charge in [0.15, 0.2) is 5.16 Å². The molecule has 2 aromatic rings. The van der Waals surface area contributed by atoms with Crippen LogP contribution < -0.4 is 5.56 Å². The minimum atomic E-state index is -0.00134. The van der Waals surface area contributed by atoms with E-state index in [-0.39, 0.29) is 11.5 Å². The molecular formula is C24H31N3O2S. The number of fused-ring (bicyclic) bond motifs is 1. The molecule has 1 saturated heterocycles. The lowest BCUT2D eigenvalue weighted by atomic mass is 9.97. The van der Waals surface area contributed by atoms with Crippen LogP contribution in [-0.2, 0) is 11.3 Å². The predicted octanol–water partition coefficient (Wildman–Crippen LogP) is 4.64. The summed E-state index contributed by atoms with van der Waals surface area (Å²) in [6.07, 6.45) is 10.3. The molecule has 1 aromatic carbocycles. The van der Waals surface area contributed by atoms with Crippen LogP contribution in [-0.4, -0.2) is 39.2 Å². The minimum absolute atomic E-state index is 0.00134. The van der Waals surface area contributed by atoms with Gasteiger partial charge in [-0.3, -0.25) is 14.2 Å². The summed E-state index contributed by atoms with van der Waals surface area (Å²) in [5, 5.41) is 1.31. The summed E-state index contributed by atoms with van der Waals surface area (Å²) in [6, 6.07) is 7.51. The van der Waals surface area contributed by atoms with Crippen LogP contribution in [0.1, 0.15) is 51.9 Å². The average Bonchev–Trinajstić information content (AvgIpc) is 2.77. The van der Waals surface area contributed by atoms with Crippen molar-refractivity contribution in [3.8, 4) is 0 Å². The highest BCUT2D eigenvalue weighted by Gasteiger charge is 2.22. The molecule has 160 valence electrons. The first kappa shape index (κ1) is 21.2. The van der Waals surface area contributed by atoms with Gasteiger partial charge in [0.1, 0.15) is 0 Å². The van der Waals surface area contributed by atoms with E-state index in [4.69, 9.17) is 4.98 Å². The van der Waals surface area contributed by atoms with Crippen molar-refractivity contribution >= 4 is 28.6 Å². The first-order valence-corrected chi connectivity index (χ1v) is 12.2. The van der Waals surface area contributed by atoms with Crippen LogP contribution in [0, 0.1) is 5.92 Å². The number of hydrogen-bond donors (Lipinski definition) is 0. The maximum atomic E-state index is 13.2. The fourth-order valence-corrected chi connectivity index (χ4v) is 5.40. The highest BCUT2D eigenvalue weighted by Crippen LogP contribution is 2.24. The number of nitrogens with zero attached hydrogens (tertiary/aromatic N) is 3. The second-order valence-electron chi connectivity index (χ2n) is 8.60. The Bertz CT molecular complexity index is 998. The molecule has 1 aromatic heterocycles. The molecule has 0 N–H and O–H groups in total. The Hall–Kier alpha value is -2.08. The number of carbonyl (C=O) groups excluding carboxylic acids is 1. The fourth-order valence-electron chi connectivity index (χ4n) is 4.48. The molecule has 2 aliphatic rings. The van der Waals surface area contributed by atoms with E-state index < -0.39 is 0 Å². The summed E-state index contributed by atoms with van der Waals surface area (Å²) in [6.45, 7) is 4.51. The van der Waals surface area contributed by atoms with Gasteiger partial charge in [0, 0.05) is 19.6 Å². The molecule has 1 aliphatic heterocycles. The van der Waals surface area contributed by atoms with Crippen LogP contribution in [0.15, 0.2) is 45.9 Å². The second kappa shape index (κ2) is 9.82. The summed E-state index contributed by atoms with van der Waals surface area (Å²) in [4.78, 5) is 32.7. The van der Waals surface area contributed by atoms with Crippen molar-refractivity contribution in [2.45, 2.75) is 63.6 Å². The van der Waals surface area contributed by atoms with Gasteiger partial charge in [0.2, 0.25) is 5.91 Å². The minimum Gasteiger partial charge on any atom is -0.342 e. The normalized spacial score (nSPS) is 19.7. The van der Waals surface area contributed by atoms with Crippen molar-refractivity contribution in [2.24, 2.45) is 5.92 Å². The Balaban J connectivity index is 1.54. The van der Waals surface area contributed by atoms with Crippen LogP contribution in [0.25, 0.3) is 10.9 Å². The van der Waals surface area contributed by atoms with E-state index in [1.807, 2.05) is 29.2 Å². The lowest BCUT2D eigenvalue weighted by Gasteiger charge is -2.30. The number of carbonyl (C=O) groups is 1. The summed E-state index contributed by atoms with van der Waals surface area (Å²) >= 11 is 1.41. The number of para-hydroxylation sites is 1. The molecule has 1 fully saturated rings. The smallest absolute Gasteiger partial charge is 0.262 e. The molecule has 0 unspecified atom stereocenters. The largest absolute Gasteiger partial charge is 0.342 e. The van der Waals surface area contributed by atoms with E-state index in [9.17, 15) is 9.59 Å². The van der Waals surface area contributed by atoms with Gasteiger partial charge in [-0.25, -0.2) is 4.98 Å². The van der Waals surface area contributed by atoms with Crippen LogP contribution in [0.5, 0.6) is 0 Å². The highest BCUT2D eigenvalue weighted by atomic mass is 32.2. The number of benzene rings is 1. The molecule has 0 spiro atoms. The second-order valence-corrected chi connectivity index (χ2v) is 9.54. The first-order valence-electron chi connectivity index (χ1n) is 11.2. The highest BCUT2D eigenvalue weighted by molar-refractivity contribution is 7.99. The number of rotatable bonds is 6. The Kier molecular flexibility index (Phi) is 6.93. The predicted molar refractivity (Wildman–Crippen MR) is 123 cm³/mol. The van der Waals surface area contributed by atoms with E-state index in [1.165, 1.54) is 36.6 Å². The van der Waals surface area contributed by atoms with E-state index >= 15 is 0 Å². The quantitative estimate of drug-likeness (QED) is 0.384. The van der Waals surface area contributed by atoms with Gasteiger partial charge < -0.3 is 4.90 Å². The van der Waals surface area contributed by atoms with Gasteiger partial charge in [-0.05, 0) is 63.0 Å². The van der Waals surface area contributed by atoms with Gasteiger partial charge in [-0.2, -0.15) is 0 Å². The van der Waals surface area contributed by atoms with Crippen molar-refractivity contribution in [2.75, 3.05) is 18.8 Å². The standard InChI is InChI=1S/C24H31N3O2S/c1-18-8-7-14-26(16-18)22(28)17-30-24-25-21-12-6-5-11-20(21)23(29)27(24)15-13-19-9-3-2-4-10-19/h5-6,9,11-12,18H,2-4,7-8,10,13-17H2,1H3/t18-/m1/s1. The third kappa shape index (κ3) is 4.97. The van der Waals surface area contributed by atoms with Crippen molar-refractivity contribution in [3.63, 3.8) is 0 Å². The lowest BCUT2D eigenvalue weighted by Crippen LogP contribution is -2.40. The number of thioether (sulfide) groups is 1. The molecule has 30 heavy (non-hydrogen) atoms. The Labute approximate surface area is 182 Å². The number of piperidine rings is 1. The molecule has 6 heteroatoms. The van der Waals surface area contributed by atoms with Crippen molar-refractivity contribution in [3.05, 3.63) is 46.3 Å². The van der Waals surface area contributed by atoms with Gasteiger partial charge in [0.25, 0.3) is 5.56 Å². The lowest BCUT2D eigenvalue weighted by molar-refractivity contribution is -0.130. The molecule has 2 heterocycles. The fraction of sp³-hybridized carbons (Fsp3) is 0.542. The Morgan fingerprint density at radius 2 is 2.10 bits per heavy atom. The number of likely N-dealkylation sites (tertiary alicyclic amines) is 1. The number of amides is 1. The van der Waals surface area contributed by atoms with Crippen LogP contribution in [0.3, 0.4) is 0 Å². The zero-order chi connectivity index (χ0) is 20.9. The summed E-state index contributed by atoms with van der Waals surface area (Å²) in [5.74, 6) is 1.05. The van der Waals surface area contributed by atoms with Crippen LogP contribution >= 0.6 is 11.8 Å². The molecular weight excluding hydrogens is 394 g/mol. The molecule has 5 nitrogen and oxygen atoms in total. The number of hydrogen-bond acceptors (Lipinski definition) is 4. The van der Waals surface area contributed by atoms with Gasteiger partial charge in [-0.1, -0.05) is 42.5 Å². The van der Waals surface area contributed by atoms with E-state index in [2.05, 4.69) is 13.0 Å². The molecule has 1 amide bonds. The monoisotopic (exact) mass is 425 g/mol. The van der Waals surface area contributed by atoms with E-state index in [0.29, 0.717) is 34.3 Å². The third-order valence-corrected chi connectivity index (χ3v) is 7.16. The molecule has 1 aliphatic carbocycles. The number of allylic oxidation sites excluding steroid dienone is 2. The zero-order valence-corrected chi connectivity index (χ0v) is 18.6. The van der Waals surface area contributed by atoms with Crippen molar-refractivity contribution in [1.29, 1.82) is 0 Å². The topological polar surface area (TPSA) is 55.2 Å². The van der Waals surface area contributed by atoms with E-state index in [0.717, 1.165) is 38.8 Å². The van der Waals surface area contributed by atoms with Crippen LogP contribution in [0.2, 0.25) is 0 Å². The SMILES string of the molecule is C[C@@H]1CCCN(C(=O)CSc2nc3ccccc3c(=O)n2CCC2=CCCCC2)C1. The average molecular weight is 426 g/mol. The first-order chi connectivity index (χ1) is 14.6.